The number of aromatic nitrogens is 3. The highest BCUT2D eigenvalue weighted by molar-refractivity contribution is 5.97. The Morgan fingerprint density at radius 1 is 0.523 bits per heavy atom. The molecule has 8 aromatic rings. The number of guanidine groups is 2. The highest BCUT2D eigenvalue weighted by Crippen LogP contribution is 2.29. The number of rotatable bonds is 22. The summed E-state index contributed by atoms with van der Waals surface area (Å²) >= 11 is 0. The number of nitrogens with zero attached hydrogens (tertiary/aromatic N) is 7. The first-order chi connectivity index (χ1) is 41.9. The molecule has 19 heteroatoms. The van der Waals surface area contributed by atoms with Gasteiger partial charge in [-0.05, 0) is 85.0 Å². The minimum absolute atomic E-state index is 0.0244. The van der Waals surface area contributed by atoms with Gasteiger partial charge in [0.2, 0.25) is 11.8 Å². The molecule has 10 rings (SSSR count). The molecule has 2 aliphatic rings. The Balaban J connectivity index is 0.000000205. The van der Waals surface area contributed by atoms with Crippen LogP contribution in [0.15, 0.2) is 198 Å². The van der Waals surface area contributed by atoms with Crippen molar-refractivity contribution in [3.63, 3.8) is 0 Å². The van der Waals surface area contributed by atoms with Gasteiger partial charge in [0, 0.05) is 87.9 Å². The first-order valence-electron chi connectivity index (χ1n) is 29.5. The zero-order valence-corrected chi connectivity index (χ0v) is 48.3. The Hall–Kier alpha value is -9.59. The van der Waals surface area contributed by atoms with Crippen molar-refractivity contribution in [2.45, 2.75) is 74.5 Å². The Morgan fingerprint density at radius 2 is 0.930 bits per heavy atom. The molecule has 0 radical (unpaired) electrons. The van der Waals surface area contributed by atoms with E-state index in [4.69, 9.17) is 22.9 Å². The normalized spacial score (nSPS) is 17.0. The van der Waals surface area contributed by atoms with E-state index in [-0.39, 0.29) is 65.2 Å². The standard InChI is InChI=1S/C34H39N7O2.C33H38N8O2/c35-34(36)37-18-9-16-31-33(43)41(23-29(24-10-3-1-4-11-24)25-12-5-2-6-13-25)19-17-28(40-31)22-39-32(42)27-20-26-14-7-8-15-30(26)38-21-27;34-33(35)36-18-9-16-29-32(43)41(22-26(23-10-3-1-4-11-23)24-12-5-2-6-13-24)19-17-25(39-29)20-38-31(42)30-21-37-27-14-7-8-15-28(27)40-30/h1-8,10-15,20-21,28-29,31,40H,9,16-19,22-23H2,(H,39,42)(H4,35,36,37);1-8,10-15,21,25-26,29,39H,9,16-20,22H2,(H,38,42)(H4,34,35,36)/t28-,31-;25-,29-/m00/s1. The quantitative estimate of drug-likeness (QED) is 0.0213. The lowest BCUT2D eigenvalue weighted by molar-refractivity contribution is -0.133. The van der Waals surface area contributed by atoms with Crippen LogP contribution in [0.25, 0.3) is 21.9 Å². The summed E-state index contributed by atoms with van der Waals surface area (Å²) in [6, 6.07) is 57.1. The maximum Gasteiger partial charge on any atom is 0.271 e. The van der Waals surface area contributed by atoms with Gasteiger partial charge in [-0.25, -0.2) is 4.98 Å². The second kappa shape index (κ2) is 30.8. The average molecular weight is 1160 g/mol. The fourth-order valence-electron chi connectivity index (χ4n) is 11.1. The van der Waals surface area contributed by atoms with Gasteiger partial charge in [-0.1, -0.05) is 152 Å². The van der Waals surface area contributed by atoms with Crippen molar-refractivity contribution in [1.29, 1.82) is 0 Å². The van der Waals surface area contributed by atoms with E-state index >= 15 is 0 Å². The largest absolute Gasteiger partial charge is 0.370 e. The number of nitrogens with two attached hydrogens (primary N) is 4. The minimum Gasteiger partial charge on any atom is -0.370 e. The topological polar surface area (TPSA) is 290 Å². The Morgan fingerprint density at radius 3 is 1.40 bits per heavy atom. The first kappa shape index (κ1) is 61.0. The third-order valence-corrected chi connectivity index (χ3v) is 15.6. The van der Waals surface area contributed by atoms with Crippen molar-refractivity contribution >= 4 is 57.5 Å². The number of hydrogen-bond donors (Lipinski definition) is 8. The Labute approximate surface area is 502 Å². The van der Waals surface area contributed by atoms with Crippen LogP contribution in [-0.2, 0) is 9.59 Å². The van der Waals surface area contributed by atoms with Crippen LogP contribution in [-0.4, -0.2) is 137 Å². The Bertz CT molecular complexity index is 3240. The molecule has 0 bridgehead atoms. The average Bonchev–Trinajstić information content (AvgIpc) is 3.67. The molecule has 444 valence electrons. The number of hydrogen-bond acceptors (Lipinski definition) is 11. The van der Waals surface area contributed by atoms with Gasteiger partial charge in [0.15, 0.2) is 11.9 Å². The van der Waals surface area contributed by atoms with Crippen LogP contribution >= 0.6 is 0 Å². The van der Waals surface area contributed by atoms with Crippen LogP contribution in [0.5, 0.6) is 0 Å². The maximum absolute atomic E-state index is 14.0. The SMILES string of the molecule is NC(N)=NCCC[C@@H]1N[C@H](CNC(=O)c2cnc3ccccc3c2)CCN(CC(c2ccccc2)c2ccccc2)C1=O.NC(N)=NCCC[C@@H]1N[C@H](CNC(=O)c2cnc3ccccc3n2)CCN(CC(c2ccccc2)c2ccccc2)C1=O. The number of nitrogens with one attached hydrogen (secondary N) is 4. The van der Waals surface area contributed by atoms with Crippen molar-refractivity contribution in [3.8, 4) is 0 Å². The summed E-state index contributed by atoms with van der Waals surface area (Å²) < 4.78 is 0. The molecular weight excluding hydrogens is 1080 g/mol. The fourth-order valence-corrected chi connectivity index (χ4v) is 11.1. The fraction of sp³-hybridized carbons (Fsp3) is 0.299. The van der Waals surface area contributed by atoms with Crippen molar-refractivity contribution in [2.24, 2.45) is 32.9 Å². The van der Waals surface area contributed by atoms with Gasteiger partial charge in [-0.15, -0.1) is 0 Å². The summed E-state index contributed by atoms with van der Waals surface area (Å²) in [5.41, 5.74) is 29.7. The number of carbonyl (C=O) groups excluding carboxylic acids is 4. The molecule has 4 amide bonds. The van der Waals surface area contributed by atoms with Crippen LogP contribution < -0.4 is 44.2 Å². The molecule has 19 nitrogen and oxygen atoms in total. The van der Waals surface area contributed by atoms with Crippen LogP contribution in [0, 0.1) is 0 Å². The van der Waals surface area contributed by atoms with Crippen molar-refractivity contribution in [2.75, 3.05) is 52.4 Å². The van der Waals surface area contributed by atoms with E-state index in [9.17, 15) is 19.2 Å². The lowest BCUT2D eigenvalue weighted by Crippen LogP contribution is -2.49. The van der Waals surface area contributed by atoms with E-state index in [1.165, 1.54) is 6.20 Å². The van der Waals surface area contributed by atoms with Crippen LogP contribution in [0.1, 0.15) is 93.5 Å². The molecule has 2 aromatic heterocycles. The van der Waals surface area contributed by atoms with Gasteiger partial charge in [-0.2, -0.15) is 0 Å². The second-order valence-corrected chi connectivity index (χ2v) is 21.7. The monoisotopic (exact) mass is 1160 g/mol. The molecule has 0 saturated carbocycles. The molecule has 0 aliphatic carbocycles. The third kappa shape index (κ3) is 17.3. The van der Waals surface area contributed by atoms with Crippen molar-refractivity contribution in [1.82, 2.24) is 46.0 Å². The van der Waals surface area contributed by atoms with Gasteiger partial charge in [0.25, 0.3) is 11.8 Å². The molecule has 4 atom stereocenters. The first-order valence-corrected chi connectivity index (χ1v) is 29.5. The highest BCUT2D eigenvalue weighted by atomic mass is 16.2. The number of benzene rings is 6. The highest BCUT2D eigenvalue weighted by Gasteiger charge is 2.34. The molecule has 2 aliphatic heterocycles. The summed E-state index contributed by atoms with van der Waals surface area (Å²) in [6.07, 6.45) is 6.89. The van der Waals surface area contributed by atoms with E-state index in [0.717, 1.165) is 38.7 Å². The molecule has 2 saturated heterocycles. The predicted molar refractivity (Wildman–Crippen MR) is 339 cm³/mol. The molecule has 86 heavy (non-hydrogen) atoms. The number of amides is 4. The molecule has 4 heterocycles. The third-order valence-electron chi connectivity index (χ3n) is 15.6. The minimum atomic E-state index is -0.439. The van der Waals surface area contributed by atoms with Crippen LogP contribution in [0.3, 0.4) is 0 Å². The molecule has 6 aromatic carbocycles. The molecule has 12 N–H and O–H groups in total. The van der Waals surface area contributed by atoms with E-state index in [2.05, 4.69) is 94.7 Å². The van der Waals surface area contributed by atoms with Gasteiger partial charge in [-0.3, -0.25) is 39.1 Å². The number of para-hydroxylation sites is 3. The summed E-state index contributed by atoms with van der Waals surface area (Å²) in [5, 5.41) is 14.0. The molecule has 2 fully saturated rings. The smallest absolute Gasteiger partial charge is 0.271 e. The number of fused-ring (bicyclic) bond motifs is 2. The number of aliphatic imine (C=N–C) groups is 2. The van der Waals surface area contributed by atoms with Crippen molar-refractivity contribution < 1.29 is 19.2 Å². The Kier molecular flexibility index (Phi) is 21.8. The summed E-state index contributed by atoms with van der Waals surface area (Å²) in [6.45, 7) is 3.85. The second-order valence-electron chi connectivity index (χ2n) is 21.7. The van der Waals surface area contributed by atoms with Crippen LogP contribution in [0.2, 0.25) is 0 Å². The van der Waals surface area contributed by atoms with Crippen molar-refractivity contribution in [3.05, 3.63) is 222 Å². The number of carbonyl (C=O) groups is 4. The lowest BCUT2D eigenvalue weighted by Gasteiger charge is -2.29. The summed E-state index contributed by atoms with van der Waals surface area (Å²) in [7, 11) is 0. The summed E-state index contributed by atoms with van der Waals surface area (Å²) in [5.74, 6) is -0.270. The maximum atomic E-state index is 14.0. The van der Waals surface area contributed by atoms with E-state index in [0.29, 0.717) is 102 Å². The van der Waals surface area contributed by atoms with E-state index < -0.39 is 12.1 Å². The zero-order chi connectivity index (χ0) is 60.0. The number of pyridine rings is 1. The van der Waals surface area contributed by atoms with E-state index in [1.54, 1.807) is 6.20 Å². The molecule has 0 spiro atoms. The summed E-state index contributed by atoms with van der Waals surface area (Å²) in [4.78, 5) is 79.4. The van der Waals surface area contributed by atoms with Gasteiger partial charge in [0.05, 0.1) is 40.4 Å². The lowest BCUT2D eigenvalue weighted by atomic mass is 9.90. The van der Waals surface area contributed by atoms with Gasteiger partial charge >= 0.3 is 0 Å². The molecule has 0 unspecified atom stereocenters. The van der Waals surface area contributed by atoms with Crippen LogP contribution in [0.4, 0.5) is 0 Å². The molecular formula is C67H77N15O4. The van der Waals surface area contributed by atoms with Gasteiger partial charge < -0.3 is 54.0 Å². The van der Waals surface area contributed by atoms with E-state index in [1.807, 2.05) is 137 Å². The predicted octanol–water partition coefficient (Wildman–Crippen LogP) is 6.21. The zero-order valence-electron chi connectivity index (χ0n) is 48.3. The van der Waals surface area contributed by atoms with Gasteiger partial charge in [0.1, 0.15) is 5.69 Å².